The summed E-state index contributed by atoms with van der Waals surface area (Å²) in [7, 11) is 0. The second-order valence-corrected chi connectivity index (χ2v) is 7.41. The van der Waals surface area contributed by atoms with Gasteiger partial charge in [-0.2, -0.15) is 0 Å². The van der Waals surface area contributed by atoms with Crippen molar-refractivity contribution in [2.24, 2.45) is 5.92 Å². The van der Waals surface area contributed by atoms with Crippen molar-refractivity contribution < 1.29 is 0 Å². The Morgan fingerprint density at radius 2 is 1.76 bits per heavy atom. The first-order valence-corrected chi connectivity index (χ1v) is 9.21. The van der Waals surface area contributed by atoms with Crippen molar-refractivity contribution in [2.75, 3.05) is 18.0 Å². The van der Waals surface area contributed by atoms with Gasteiger partial charge in [0, 0.05) is 29.4 Å². The fraction of sp³-hybridized carbons (Fsp3) is 0.364. The lowest BCUT2D eigenvalue weighted by Crippen LogP contribution is -2.35. The minimum Gasteiger partial charge on any atom is -0.354 e. The molecule has 0 saturated carbocycles. The molecule has 0 aliphatic carbocycles. The predicted octanol–water partition coefficient (Wildman–Crippen LogP) is 5.15. The molecule has 3 heteroatoms. The summed E-state index contributed by atoms with van der Waals surface area (Å²) in [4.78, 5) is 2.41. The number of rotatable bonds is 2. The van der Waals surface area contributed by atoms with E-state index in [9.17, 15) is 0 Å². The Balaban J connectivity index is 1.85. The van der Waals surface area contributed by atoms with Crippen molar-refractivity contribution in [1.29, 1.82) is 0 Å². The third-order valence-electron chi connectivity index (χ3n) is 5.40. The lowest BCUT2D eigenvalue weighted by molar-refractivity contribution is 0.444. The van der Waals surface area contributed by atoms with Crippen LogP contribution in [0.4, 0.5) is 5.82 Å². The zero-order valence-corrected chi connectivity index (χ0v) is 15.3. The first-order chi connectivity index (χ1) is 12.1. The monoisotopic (exact) mass is 331 g/mol. The number of hydrogen-bond acceptors (Lipinski definition) is 3. The van der Waals surface area contributed by atoms with E-state index >= 15 is 0 Å². The molecule has 3 nitrogen and oxygen atoms in total. The summed E-state index contributed by atoms with van der Waals surface area (Å²) in [6, 6.07) is 15.1. The predicted molar refractivity (Wildman–Crippen MR) is 105 cm³/mol. The molecule has 128 valence electrons. The van der Waals surface area contributed by atoms with Gasteiger partial charge in [0.15, 0.2) is 5.82 Å². The number of fused-ring (bicyclic) bond motifs is 1. The van der Waals surface area contributed by atoms with Gasteiger partial charge >= 0.3 is 0 Å². The van der Waals surface area contributed by atoms with Gasteiger partial charge in [0.2, 0.25) is 0 Å². The first-order valence-electron chi connectivity index (χ1n) is 9.21. The number of aryl methyl sites for hydroxylation is 2. The largest absolute Gasteiger partial charge is 0.354 e. The van der Waals surface area contributed by atoms with Crippen LogP contribution in [-0.4, -0.2) is 23.3 Å². The molecular formula is C22H25N3. The fourth-order valence-electron chi connectivity index (χ4n) is 3.81. The van der Waals surface area contributed by atoms with Crippen LogP contribution in [0.15, 0.2) is 42.5 Å². The molecule has 0 unspecified atom stereocenters. The summed E-state index contributed by atoms with van der Waals surface area (Å²) >= 11 is 0. The normalized spacial score (nSPS) is 17.9. The van der Waals surface area contributed by atoms with Crippen LogP contribution >= 0.6 is 0 Å². The second-order valence-electron chi connectivity index (χ2n) is 7.41. The highest BCUT2D eigenvalue weighted by Gasteiger charge is 2.21. The summed E-state index contributed by atoms with van der Waals surface area (Å²) < 4.78 is 0. The molecule has 0 amide bonds. The summed E-state index contributed by atoms with van der Waals surface area (Å²) in [5.41, 5.74) is 4.72. The third kappa shape index (κ3) is 2.99. The van der Waals surface area contributed by atoms with Gasteiger partial charge in [-0.15, -0.1) is 10.2 Å². The van der Waals surface area contributed by atoms with E-state index in [1.807, 2.05) is 0 Å². The van der Waals surface area contributed by atoms with E-state index in [1.165, 1.54) is 34.7 Å². The Morgan fingerprint density at radius 1 is 0.960 bits per heavy atom. The fourth-order valence-corrected chi connectivity index (χ4v) is 3.81. The molecule has 1 aliphatic rings. The lowest BCUT2D eigenvalue weighted by Gasteiger charge is -2.32. The van der Waals surface area contributed by atoms with Crippen LogP contribution in [0.25, 0.3) is 22.0 Å². The average Bonchev–Trinajstić information content (AvgIpc) is 2.63. The lowest BCUT2D eigenvalue weighted by atomic mass is 9.98. The number of anilines is 1. The summed E-state index contributed by atoms with van der Waals surface area (Å²) in [6.07, 6.45) is 2.54. The molecular weight excluding hydrogens is 306 g/mol. The van der Waals surface area contributed by atoms with E-state index in [4.69, 9.17) is 0 Å². The van der Waals surface area contributed by atoms with Crippen molar-refractivity contribution in [3.63, 3.8) is 0 Å². The molecule has 2 aromatic carbocycles. The van der Waals surface area contributed by atoms with Gasteiger partial charge in [-0.1, -0.05) is 43.3 Å². The van der Waals surface area contributed by atoms with Gasteiger partial charge < -0.3 is 4.90 Å². The molecule has 3 aromatic rings. The van der Waals surface area contributed by atoms with Crippen LogP contribution in [0, 0.1) is 19.8 Å². The van der Waals surface area contributed by atoms with E-state index < -0.39 is 0 Å². The molecule has 0 radical (unpaired) electrons. The van der Waals surface area contributed by atoms with E-state index in [0.29, 0.717) is 5.92 Å². The number of benzene rings is 2. The third-order valence-corrected chi connectivity index (χ3v) is 5.40. The van der Waals surface area contributed by atoms with Crippen molar-refractivity contribution in [1.82, 2.24) is 10.2 Å². The maximum Gasteiger partial charge on any atom is 0.159 e. The average molecular weight is 331 g/mol. The molecule has 0 bridgehead atoms. The van der Waals surface area contributed by atoms with Crippen molar-refractivity contribution in [2.45, 2.75) is 33.6 Å². The maximum absolute atomic E-state index is 4.67. The van der Waals surface area contributed by atoms with E-state index in [2.05, 4.69) is 78.3 Å². The highest BCUT2D eigenvalue weighted by atomic mass is 15.3. The minimum absolute atomic E-state index is 0.716. The molecule has 1 atom stereocenters. The summed E-state index contributed by atoms with van der Waals surface area (Å²) in [5, 5.41) is 11.7. The molecule has 4 rings (SSSR count). The van der Waals surface area contributed by atoms with Gasteiger partial charge in [0.25, 0.3) is 0 Å². The van der Waals surface area contributed by atoms with Gasteiger partial charge in [-0.25, -0.2) is 0 Å². The van der Waals surface area contributed by atoms with Crippen LogP contribution < -0.4 is 4.90 Å². The standard InChI is InChI=1S/C22H25N3/c1-15-7-6-12-25(14-15)22-20-9-5-4-8-19(20)21(23-24-22)18-11-10-16(2)17(3)13-18/h4-5,8-11,13,15H,6-7,12,14H2,1-3H3/t15-/m0/s1. The van der Waals surface area contributed by atoms with Gasteiger partial charge in [-0.3, -0.25) is 0 Å². The number of hydrogen-bond donors (Lipinski definition) is 0. The van der Waals surface area contributed by atoms with Gasteiger partial charge in [-0.05, 0) is 49.8 Å². The molecule has 0 N–H and O–H groups in total. The maximum atomic E-state index is 4.67. The zero-order valence-electron chi connectivity index (χ0n) is 15.3. The zero-order chi connectivity index (χ0) is 17.4. The quantitative estimate of drug-likeness (QED) is 0.650. The molecule has 1 aromatic heterocycles. The Labute approximate surface area is 149 Å². The smallest absolute Gasteiger partial charge is 0.159 e. The number of piperidine rings is 1. The molecule has 25 heavy (non-hydrogen) atoms. The van der Waals surface area contributed by atoms with Gasteiger partial charge in [0.05, 0.1) is 0 Å². The van der Waals surface area contributed by atoms with E-state index in [-0.39, 0.29) is 0 Å². The number of nitrogens with zero attached hydrogens (tertiary/aromatic N) is 3. The Morgan fingerprint density at radius 3 is 2.52 bits per heavy atom. The summed E-state index contributed by atoms with van der Waals surface area (Å²) in [6.45, 7) is 8.76. The summed E-state index contributed by atoms with van der Waals surface area (Å²) in [5.74, 6) is 1.75. The molecule has 2 heterocycles. The topological polar surface area (TPSA) is 29.0 Å². The molecule has 1 aliphatic heterocycles. The van der Waals surface area contributed by atoms with E-state index in [1.54, 1.807) is 0 Å². The molecule has 0 spiro atoms. The number of aromatic nitrogens is 2. The minimum atomic E-state index is 0.716. The highest BCUT2D eigenvalue weighted by Crippen LogP contribution is 2.33. The Kier molecular flexibility index (Phi) is 4.16. The van der Waals surface area contributed by atoms with Crippen LogP contribution in [-0.2, 0) is 0 Å². The molecule has 1 saturated heterocycles. The second kappa shape index (κ2) is 6.47. The van der Waals surface area contributed by atoms with Crippen molar-refractivity contribution in [3.05, 3.63) is 53.6 Å². The van der Waals surface area contributed by atoms with E-state index in [0.717, 1.165) is 30.2 Å². The highest BCUT2D eigenvalue weighted by molar-refractivity contribution is 6.00. The first kappa shape index (κ1) is 16.1. The van der Waals surface area contributed by atoms with Crippen LogP contribution in [0.5, 0.6) is 0 Å². The molecule has 1 fully saturated rings. The van der Waals surface area contributed by atoms with Crippen molar-refractivity contribution in [3.8, 4) is 11.3 Å². The van der Waals surface area contributed by atoms with Crippen LogP contribution in [0.1, 0.15) is 30.9 Å². The van der Waals surface area contributed by atoms with Crippen LogP contribution in [0.2, 0.25) is 0 Å². The van der Waals surface area contributed by atoms with Gasteiger partial charge in [0.1, 0.15) is 5.69 Å². The van der Waals surface area contributed by atoms with Crippen LogP contribution in [0.3, 0.4) is 0 Å². The Bertz CT molecular complexity index is 916. The van der Waals surface area contributed by atoms with Crippen molar-refractivity contribution >= 4 is 16.6 Å². The SMILES string of the molecule is Cc1ccc(-c2nnc(N3CCC[C@H](C)C3)c3ccccc23)cc1C. The Hall–Kier alpha value is -2.42.